The third-order valence-corrected chi connectivity index (χ3v) is 5.81. The summed E-state index contributed by atoms with van der Waals surface area (Å²) in [5.74, 6) is 0.504. The van der Waals surface area contributed by atoms with Crippen LogP contribution in [0.15, 0.2) is 24.3 Å². The van der Waals surface area contributed by atoms with Gasteiger partial charge >= 0.3 is 0 Å². The fourth-order valence-corrected chi connectivity index (χ4v) is 4.46. The van der Waals surface area contributed by atoms with E-state index in [2.05, 4.69) is 5.32 Å². The SMILES string of the molecule is CC(=O)c1ccc(NC(=O)C2CSC3(C)CCC(=O)N23)cc1. The van der Waals surface area contributed by atoms with Gasteiger partial charge in [0.2, 0.25) is 11.8 Å². The third kappa shape index (κ3) is 2.52. The van der Waals surface area contributed by atoms with Crippen molar-refractivity contribution in [2.45, 2.75) is 37.6 Å². The van der Waals surface area contributed by atoms with Crippen LogP contribution in [-0.4, -0.2) is 39.2 Å². The molecule has 2 aliphatic heterocycles. The lowest BCUT2D eigenvalue weighted by Gasteiger charge is -2.29. The van der Waals surface area contributed by atoms with Gasteiger partial charge in [-0.1, -0.05) is 0 Å². The lowest BCUT2D eigenvalue weighted by atomic mass is 10.1. The molecule has 22 heavy (non-hydrogen) atoms. The highest BCUT2D eigenvalue weighted by Gasteiger charge is 2.52. The molecule has 0 bridgehead atoms. The van der Waals surface area contributed by atoms with Crippen LogP contribution in [0, 0.1) is 0 Å². The molecule has 0 saturated carbocycles. The highest BCUT2D eigenvalue weighted by atomic mass is 32.2. The minimum absolute atomic E-state index is 0.0106. The second-order valence-electron chi connectivity index (χ2n) is 5.89. The van der Waals surface area contributed by atoms with Crippen molar-refractivity contribution in [3.05, 3.63) is 29.8 Å². The molecule has 0 radical (unpaired) electrons. The molecule has 1 N–H and O–H groups in total. The normalized spacial score (nSPS) is 26.9. The molecule has 2 aliphatic rings. The standard InChI is InChI=1S/C16H18N2O3S/c1-10(19)11-3-5-12(6-4-11)17-15(21)13-9-22-16(2)8-7-14(20)18(13)16/h3-6,13H,7-9H2,1-2H3,(H,17,21). The molecular weight excluding hydrogens is 300 g/mol. The molecule has 116 valence electrons. The Morgan fingerprint density at radius 3 is 2.64 bits per heavy atom. The summed E-state index contributed by atoms with van der Waals surface area (Å²) in [4.78, 5) is 37.3. The van der Waals surface area contributed by atoms with E-state index in [0.29, 0.717) is 23.4 Å². The number of nitrogens with one attached hydrogen (secondary N) is 1. The van der Waals surface area contributed by atoms with Crippen molar-refractivity contribution < 1.29 is 14.4 Å². The Morgan fingerprint density at radius 2 is 2.00 bits per heavy atom. The number of nitrogens with zero attached hydrogens (tertiary/aromatic N) is 1. The number of hydrogen-bond acceptors (Lipinski definition) is 4. The average molecular weight is 318 g/mol. The van der Waals surface area contributed by atoms with E-state index in [9.17, 15) is 14.4 Å². The van der Waals surface area contributed by atoms with E-state index in [-0.39, 0.29) is 22.5 Å². The highest BCUT2D eigenvalue weighted by molar-refractivity contribution is 8.01. The number of ketones is 1. The van der Waals surface area contributed by atoms with Gasteiger partial charge in [-0.15, -0.1) is 11.8 Å². The zero-order valence-electron chi connectivity index (χ0n) is 12.6. The summed E-state index contributed by atoms with van der Waals surface area (Å²) in [6, 6.07) is 6.38. The molecule has 2 fully saturated rings. The van der Waals surface area contributed by atoms with E-state index < -0.39 is 6.04 Å². The summed E-state index contributed by atoms with van der Waals surface area (Å²) in [6.45, 7) is 3.53. The summed E-state index contributed by atoms with van der Waals surface area (Å²) in [5, 5.41) is 2.84. The first-order valence-corrected chi connectivity index (χ1v) is 8.27. The quantitative estimate of drug-likeness (QED) is 0.868. The van der Waals surface area contributed by atoms with Crippen molar-refractivity contribution in [1.29, 1.82) is 0 Å². The van der Waals surface area contributed by atoms with Gasteiger partial charge in [-0.2, -0.15) is 0 Å². The number of carbonyl (C=O) groups is 3. The van der Waals surface area contributed by atoms with Gasteiger partial charge in [-0.25, -0.2) is 0 Å². The fourth-order valence-electron chi connectivity index (χ4n) is 3.03. The number of fused-ring (bicyclic) bond motifs is 1. The van der Waals surface area contributed by atoms with Crippen LogP contribution in [0.4, 0.5) is 5.69 Å². The second-order valence-corrected chi connectivity index (χ2v) is 7.39. The maximum absolute atomic E-state index is 12.5. The Labute approximate surface area is 133 Å². The highest BCUT2D eigenvalue weighted by Crippen LogP contribution is 2.47. The predicted octanol–water partition coefficient (Wildman–Crippen LogP) is 2.28. The van der Waals surface area contributed by atoms with E-state index in [1.54, 1.807) is 40.9 Å². The number of Topliss-reactive ketones (excluding diaryl/α,β-unsaturated/α-hetero) is 1. The van der Waals surface area contributed by atoms with Crippen molar-refractivity contribution in [2.24, 2.45) is 0 Å². The van der Waals surface area contributed by atoms with Gasteiger partial charge in [-0.05, 0) is 44.5 Å². The molecule has 2 heterocycles. The Morgan fingerprint density at radius 1 is 1.32 bits per heavy atom. The Kier molecular flexibility index (Phi) is 3.72. The van der Waals surface area contributed by atoms with Gasteiger partial charge in [0.05, 0.1) is 4.87 Å². The van der Waals surface area contributed by atoms with Crippen LogP contribution in [0.2, 0.25) is 0 Å². The summed E-state index contributed by atoms with van der Waals surface area (Å²) in [5.41, 5.74) is 1.25. The van der Waals surface area contributed by atoms with Crippen molar-refractivity contribution in [2.75, 3.05) is 11.1 Å². The van der Waals surface area contributed by atoms with Gasteiger partial charge in [0.15, 0.2) is 5.78 Å². The summed E-state index contributed by atoms with van der Waals surface area (Å²) >= 11 is 1.67. The number of thioether (sulfide) groups is 1. The van der Waals surface area contributed by atoms with E-state index in [1.165, 1.54) is 6.92 Å². The maximum Gasteiger partial charge on any atom is 0.248 e. The molecule has 6 heteroatoms. The first kappa shape index (κ1) is 15.1. The molecule has 0 aliphatic carbocycles. The lowest BCUT2D eigenvalue weighted by molar-refractivity contribution is -0.135. The fraction of sp³-hybridized carbons (Fsp3) is 0.438. The Hall–Kier alpha value is -1.82. The minimum Gasteiger partial charge on any atom is -0.324 e. The molecule has 3 rings (SSSR count). The molecule has 2 amide bonds. The van der Waals surface area contributed by atoms with Crippen LogP contribution in [0.25, 0.3) is 0 Å². The summed E-state index contributed by atoms with van der Waals surface area (Å²) in [6.07, 6.45) is 1.31. The van der Waals surface area contributed by atoms with E-state index in [4.69, 9.17) is 0 Å². The molecule has 2 unspecified atom stereocenters. The van der Waals surface area contributed by atoms with Gasteiger partial charge in [0.1, 0.15) is 6.04 Å². The van der Waals surface area contributed by atoms with Crippen molar-refractivity contribution >= 4 is 35.0 Å². The predicted molar refractivity (Wildman–Crippen MR) is 85.8 cm³/mol. The first-order chi connectivity index (χ1) is 10.4. The van der Waals surface area contributed by atoms with Crippen LogP contribution in [0.5, 0.6) is 0 Å². The Balaban J connectivity index is 1.72. The van der Waals surface area contributed by atoms with Crippen molar-refractivity contribution in [3.8, 4) is 0 Å². The summed E-state index contributed by atoms with van der Waals surface area (Å²) in [7, 11) is 0. The van der Waals surface area contributed by atoms with Crippen LogP contribution >= 0.6 is 11.8 Å². The number of amides is 2. The molecule has 5 nitrogen and oxygen atoms in total. The summed E-state index contributed by atoms with van der Waals surface area (Å²) < 4.78 is 0. The van der Waals surface area contributed by atoms with E-state index in [1.807, 2.05) is 6.92 Å². The minimum atomic E-state index is -0.419. The van der Waals surface area contributed by atoms with Crippen LogP contribution in [0.3, 0.4) is 0 Å². The average Bonchev–Trinajstić information content (AvgIpc) is 2.97. The van der Waals surface area contributed by atoms with E-state index >= 15 is 0 Å². The van der Waals surface area contributed by atoms with Crippen molar-refractivity contribution in [3.63, 3.8) is 0 Å². The van der Waals surface area contributed by atoms with E-state index in [0.717, 1.165) is 6.42 Å². The first-order valence-electron chi connectivity index (χ1n) is 7.29. The van der Waals surface area contributed by atoms with Crippen LogP contribution in [-0.2, 0) is 9.59 Å². The number of benzene rings is 1. The molecule has 0 aromatic heterocycles. The molecular formula is C16H18N2O3S. The molecule has 0 spiro atoms. The zero-order valence-corrected chi connectivity index (χ0v) is 13.4. The maximum atomic E-state index is 12.5. The zero-order chi connectivity index (χ0) is 15.9. The third-order valence-electron chi connectivity index (χ3n) is 4.31. The molecule has 1 aromatic carbocycles. The number of anilines is 1. The molecule has 2 atom stereocenters. The van der Waals surface area contributed by atoms with Gasteiger partial charge in [-0.3, -0.25) is 14.4 Å². The second kappa shape index (κ2) is 5.43. The van der Waals surface area contributed by atoms with Crippen LogP contribution in [0.1, 0.15) is 37.0 Å². The topological polar surface area (TPSA) is 66.5 Å². The number of hydrogen-bond donors (Lipinski definition) is 1. The van der Waals surface area contributed by atoms with Gasteiger partial charge < -0.3 is 10.2 Å². The lowest BCUT2D eigenvalue weighted by Crippen LogP contribution is -2.48. The smallest absolute Gasteiger partial charge is 0.248 e. The largest absolute Gasteiger partial charge is 0.324 e. The number of rotatable bonds is 3. The van der Waals surface area contributed by atoms with Crippen LogP contribution < -0.4 is 5.32 Å². The molecule has 1 aromatic rings. The molecule has 2 saturated heterocycles. The van der Waals surface area contributed by atoms with Gasteiger partial charge in [0, 0.05) is 23.4 Å². The monoisotopic (exact) mass is 318 g/mol. The number of carbonyl (C=O) groups excluding carboxylic acids is 3. The van der Waals surface area contributed by atoms with Gasteiger partial charge in [0.25, 0.3) is 0 Å². The Bertz CT molecular complexity index is 643. The van der Waals surface area contributed by atoms with Crippen molar-refractivity contribution in [1.82, 2.24) is 4.90 Å².